The second kappa shape index (κ2) is 12.4. The number of allylic oxidation sites excluding steroid dienone is 4. The van der Waals surface area contributed by atoms with E-state index in [1.165, 1.54) is 5.57 Å². The number of aryl methyl sites for hydroxylation is 1. The Morgan fingerprint density at radius 3 is 2.08 bits per heavy atom. The molecule has 0 fully saturated rings. The molecule has 0 amide bonds. The van der Waals surface area contributed by atoms with Crippen molar-refractivity contribution in [2.45, 2.75) is 57.0 Å². The lowest BCUT2D eigenvalue weighted by molar-refractivity contribution is 0.199. The molecule has 1 N–H and O–H groups in total. The van der Waals surface area contributed by atoms with Crippen LogP contribution in [0.2, 0.25) is 0 Å². The van der Waals surface area contributed by atoms with E-state index in [2.05, 4.69) is 36.8 Å². The van der Waals surface area contributed by atoms with E-state index in [1.807, 2.05) is 79.7 Å². The molecule has 6 heteroatoms. The molecule has 0 radical (unpaired) electrons. The normalized spacial score (nSPS) is 15.8. The van der Waals surface area contributed by atoms with E-state index in [0.717, 1.165) is 36.0 Å². The monoisotopic (exact) mass is 548 g/mol. The molecule has 2 atom stereocenters. The molecular formula is C32H37ClN2O2S. The lowest BCUT2D eigenvalue weighted by Crippen LogP contribution is -2.40. The Bertz CT molecular complexity index is 1350. The fraction of sp³-hybridized carbons (Fsp3) is 0.312. The summed E-state index contributed by atoms with van der Waals surface area (Å²) in [6.45, 7) is 6.95. The van der Waals surface area contributed by atoms with Crippen molar-refractivity contribution in [3.63, 3.8) is 0 Å². The molecule has 0 aliphatic heterocycles. The molecule has 0 spiro atoms. The van der Waals surface area contributed by atoms with E-state index in [0.29, 0.717) is 6.54 Å². The van der Waals surface area contributed by atoms with Gasteiger partial charge in [0, 0.05) is 6.54 Å². The van der Waals surface area contributed by atoms with Crippen molar-refractivity contribution < 1.29 is 8.42 Å². The van der Waals surface area contributed by atoms with Crippen LogP contribution in [-0.4, -0.2) is 19.4 Å². The van der Waals surface area contributed by atoms with E-state index in [9.17, 15) is 8.42 Å². The molecule has 0 saturated carbocycles. The number of nitrogens with zero attached hydrogens (tertiary/aromatic N) is 1. The van der Waals surface area contributed by atoms with Crippen LogP contribution in [0.15, 0.2) is 114 Å². The Labute approximate surface area is 233 Å². The second-order valence-electron chi connectivity index (χ2n) is 10.9. The molecule has 38 heavy (non-hydrogen) atoms. The minimum atomic E-state index is -3.83. The minimum Gasteiger partial charge on any atom is -0.210 e. The van der Waals surface area contributed by atoms with Crippen LogP contribution in [0, 0.1) is 12.3 Å². The predicted molar refractivity (Wildman–Crippen MR) is 157 cm³/mol. The summed E-state index contributed by atoms with van der Waals surface area (Å²) < 4.78 is 32.1. The summed E-state index contributed by atoms with van der Waals surface area (Å²) in [5.41, 5.74) is 4.09. The highest BCUT2D eigenvalue weighted by Gasteiger charge is 2.36. The molecule has 3 aromatic carbocycles. The highest BCUT2D eigenvalue weighted by atomic mass is 35.5. The lowest BCUT2D eigenvalue weighted by Gasteiger charge is -2.38. The molecule has 4 nitrogen and oxygen atoms in total. The summed E-state index contributed by atoms with van der Waals surface area (Å²) in [5.74, 6) is 0. The number of halogens is 1. The lowest BCUT2D eigenvalue weighted by atomic mass is 9.82. The number of rotatable bonds is 11. The Kier molecular flexibility index (Phi) is 9.27. The van der Waals surface area contributed by atoms with Crippen LogP contribution in [0.1, 0.15) is 61.9 Å². The van der Waals surface area contributed by atoms with Gasteiger partial charge in [-0.05, 0) is 66.6 Å². The van der Waals surface area contributed by atoms with Gasteiger partial charge in [-0.15, -0.1) is 0 Å². The Morgan fingerprint density at radius 1 is 0.895 bits per heavy atom. The Morgan fingerprint density at radius 2 is 1.50 bits per heavy atom. The minimum absolute atomic E-state index is 0.122. The van der Waals surface area contributed by atoms with Crippen LogP contribution in [0.25, 0.3) is 0 Å². The summed E-state index contributed by atoms with van der Waals surface area (Å²) in [5, 5.41) is 0. The molecular weight excluding hydrogens is 512 g/mol. The zero-order valence-corrected chi connectivity index (χ0v) is 23.9. The highest BCUT2D eigenvalue weighted by Crippen LogP contribution is 2.40. The molecule has 0 bridgehead atoms. The van der Waals surface area contributed by atoms with Crippen LogP contribution in [0.4, 0.5) is 0 Å². The van der Waals surface area contributed by atoms with E-state index < -0.39 is 22.1 Å². The molecule has 4 rings (SSSR count). The summed E-state index contributed by atoms with van der Waals surface area (Å²) in [6.07, 6.45) is 9.59. The summed E-state index contributed by atoms with van der Waals surface area (Å²) in [7, 11) is -3.83. The molecule has 2 unspecified atom stereocenters. The standard InChI is InChI=1S/C32H37ClN2O2S/c1-25-19-21-29(22-20-25)38(36,37)34-30(27-15-9-5-10-16-27)31(28-17-11-6-12-18-28)35(33)24-32(2,3)23-26-13-7-4-8-14-26/h4-7,9-12,14-22,30-31,34H,8,13,23-24H2,1-3H3. The number of nitrogens with one attached hydrogen (secondary N) is 1. The van der Waals surface area contributed by atoms with Gasteiger partial charge in [-0.1, -0.05) is 116 Å². The zero-order chi connectivity index (χ0) is 27.2. The molecule has 0 heterocycles. The van der Waals surface area contributed by atoms with Gasteiger partial charge in [0.15, 0.2) is 0 Å². The van der Waals surface area contributed by atoms with E-state index in [-0.39, 0.29) is 10.3 Å². The van der Waals surface area contributed by atoms with Gasteiger partial charge in [-0.25, -0.2) is 17.6 Å². The third-order valence-electron chi connectivity index (χ3n) is 6.90. The number of hydrogen-bond donors (Lipinski definition) is 1. The maximum Gasteiger partial charge on any atom is 0.241 e. The van der Waals surface area contributed by atoms with Crippen LogP contribution in [-0.2, 0) is 10.0 Å². The largest absolute Gasteiger partial charge is 0.241 e. The van der Waals surface area contributed by atoms with Crippen molar-refractivity contribution in [2.24, 2.45) is 5.41 Å². The molecule has 1 aliphatic carbocycles. The number of sulfonamides is 1. The van der Waals surface area contributed by atoms with Crippen molar-refractivity contribution >= 4 is 21.8 Å². The fourth-order valence-electron chi connectivity index (χ4n) is 5.07. The fourth-order valence-corrected chi connectivity index (χ4v) is 6.84. The maximum atomic E-state index is 13.6. The average Bonchev–Trinajstić information content (AvgIpc) is 2.89. The maximum absolute atomic E-state index is 13.6. The first-order chi connectivity index (χ1) is 18.1. The van der Waals surface area contributed by atoms with Crippen LogP contribution >= 0.6 is 11.8 Å². The molecule has 1 aliphatic rings. The van der Waals surface area contributed by atoms with E-state index in [1.54, 1.807) is 16.6 Å². The number of benzene rings is 3. The van der Waals surface area contributed by atoms with Crippen molar-refractivity contribution in [2.75, 3.05) is 6.54 Å². The quantitative estimate of drug-likeness (QED) is 0.196. The molecule has 0 aromatic heterocycles. The van der Waals surface area contributed by atoms with Crippen molar-refractivity contribution in [1.82, 2.24) is 9.14 Å². The van der Waals surface area contributed by atoms with Gasteiger partial charge < -0.3 is 0 Å². The third kappa shape index (κ3) is 7.45. The summed E-state index contributed by atoms with van der Waals surface area (Å²) in [4.78, 5) is 0.231. The van der Waals surface area contributed by atoms with Gasteiger partial charge in [-0.2, -0.15) is 0 Å². The van der Waals surface area contributed by atoms with Crippen LogP contribution < -0.4 is 4.72 Å². The van der Waals surface area contributed by atoms with Gasteiger partial charge in [0.25, 0.3) is 0 Å². The van der Waals surface area contributed by atoms with E-state index in [4.69, 9.17) is 11.8 Å². The highest BCUT2D eigenvalue weighted by molar-refractivity contribution is 7.89. The summed E-state index contributed by atoms with van der Waals surface area (Å²) in [6, 6.07) is 25.5. The first-order valence-electron chi connectivity index (χ1n) is 13.1. The summed E-state index contributed by atoms with van der Waals surface area (Å²) >= 11 is 7.19. The van der Waals surface area contributed by atoms with E-state index >= 15 is 0 Å². The molecule has 3 aromatic rings. The first-order valence-corrected chi connectivity index (χ1v) is 14.9. The topological polar surface area (TPSA) is 49.4 Å². The van der Waals surface area contributed by atoms with Crippen molar-refractivity contribution in [3.8, 4) is 0 Å². The first kappa shape index (κ1) is 28.3. The van der Waals surface area contributed by atoms with Gasteiger partial charge in [0.2, 0.25) is 10.0 Å². The van der Waals surface area contributed by atoms with Crippen molar-refractivity contribution in [1.29, 1.82) is 0 Å². The average molecular weight is 549 g/mol. The number of hydrogen-bond acceptors (Lipinski definition) is 3. The van der Waals surface area contributed by atoms with Crippen LogP contribution in [0.5, 0.6) is 0 Å². The van der Waals surface area contributed by atoms with Gasteiger partial charge in [-0.3, -0.25) is 0 Å². The SMILES string of the molecule is Cc1ccc(S(=O)(=O)NC(c2ccccc2)C(c2ccccc2)N(Cl)CC(C)(C)CC2=CCC=CC2)cc1. The predicted octanol–water partition coefficient (Wildman–Crippen LogP) is 7.90. The third-order valence-corrected chi connectivity index (χ3v) is 8.69. The second-order valence-corrected chi connectivity index (χ2v) is 13.0. The van der Waals surface area contributed by atoms with Gasteiger partial charge >= 0.3 is 0 Å². The van der Waals surface area contributed by atoms with Gasteiger partial charge in [0.1, 0.15) is 0 Å². The van der Waals surface area contributed by atoms with Gasteiger partial charge in [0.05, 0.1) is 17.0 Å². The molecule has 0 saturated heterocycles. The van der Waals surface area contributed by atoms with Crippen LogP contribution in [0.3, 0.4) is 0 Å². The van der Waals surface area contributed by atoms with Crippen molar-refractivity contribution in [3.05, 3.63) is 125 Å². The Hall–Kier alpha value is -2.70. The zero-order valence-electron chi connectivity index (χ0n) is 22.3. The Balaban J connectivity index is 1.71. The molecule has 200 valence electrons. The smallest absolute Gasteiger partial charge is 0.210 e.